The number of imidazole rings is 1. The summed E-state index contributed by atoms with van der Waals surface area (Å²) in [6.07, 6.45) is 7.85. The quantitative estimate of drug-likeness (QED) is 0.510. The van der Waals surface area contributed by atoms with Crippen molar-refractivity contribution < 1.29 is 9.90 Å². The van der Waals surface area contributed by atoms with Gasteiger partial charge in [0.25, 0.3) is 0 Å². The molecule has 1 aromatic carbocycles. The Bertz CT molecular complexity index is 1030. The first-order valence-corrected chi connectivity index (χ1v) is 10.0. The predicted octanol–water partition coefficient (Wildman–Crippen LogP) is 5.34. The smallest absolute Gasteiger partial charge is 0.336 e. The lowest BCUT2D eigenvalue weighted by molar-refractivity contribution is -0.130. The van der Waals surface area contributed by atoms with Crippen LogP contribution < -0.4 is 0 Å². The van der Waals surface area contributed by atoms with E-state index in [1.165, 1.54) is 0 Å². The number of carboxylic acid groups (broad SMARTS) is 1. The average Bonchev–Trinajstić information content (AvgIpc) is 3.11. The Kier molecular flexibility index (Phi) is 6.83. The van der Waals surface area contributed by atoms with Crippen molar-refractivity contribution in [2.24, 2.45) is 0 Å². The monoisotopic (exact) mass is 409 g/mol. The largest absolute Gasteiger partial charge is 0.478 e. The Balaban J connectivity index is 2.14. The summed E-state index contributed by atoms with van der Waals surface area (Å²) in [4.78, 5) is 20.7. The average molecular weight is 410 g/mol. The van der Waals surface area contributed by atoms with E-state index in [9.17, 15) is 9.90 Å². The van der Waals surface area contributed by atoms with Crippen LogP contribution in [0.2, 0.25) is 5.02 Å². The van der Waals surface area contributed by atoms with E-state index in [1.807, 2.05) is 31.2 Å². The summed E-state index contributed by atoms with van der Waals surface area (Å²) in [5, 5.41) is 10.6. The van der Waals surface area contributed by atoms with Crippen LogP contribution in [0.15, 0.2) is 55.0 Å². The van der Waals surface area contributed by atoms with Gasteiger partial charge in [-0.15, -0.1) is 0 Å². The Morgan fingerprint density at radius 1 is 1.17 bits per heavy atom. The number of carbonyl (C=O) groups is 1. The van der Waals surface area contributed by atoms with Crippen molar-refractivity contribution in [3.8, 4) is 0 Å². The number of carboxylic acids is 1. The van der Waals surface area contributed by atoms with Crippen molar-refractivity contribution in [3.05, 3.63) is 82.7 Å². The molecular weight excluding hydrogens is 386 g/mol. The Hall–Kier alpha value is -2.92. The van der Waals surface area contributed by atoms with Gasteiger partial charge in [-0.3, -0.25) is 4.98 Å². The van der Waals surface area contributed by atoms with E-state index in [0.717, 1.165) is 36.3 Å². The highest BCUT2D eigenvalue weighted by Crippen LogP contribution is 2.28. The Morgan fingerprint density at radius 2 is 1.90 bits per heavy atom. The first-order chi connectivity index (χ1) is 14.0. The highest BCUT2D eigenvalue weighted by Gasteiger charge is 2.20. The fraction of sp³-hybridized carbons (Fsp3) is 0.261. The van der Waals surface area contributed by atoms with Gasteiger partial charge in [-0.1, -0.05) is 43.1 Å². The van der Waals surface area contributed by atoms with E-state index in [0.29, 0.717) is 22.7 Å². The molecule has 0 spiro atoms. The highest BCUT2D eigenvalue weighted by molar-refractivity contribution is 6.31. The number of nitrogens with zero attached hydrogens (tertiary/aromatic N) is 3. The zero-order chi connectivity index (χ0) is 20.8. The lowest BCUT2D eigenvalue weighted by Crippen LogP contribution is -2.11. The second-order valence-corrected chi connectivity index (χ2v) is 7.29. The molecule has 6 heteroatoms. The molecule has 0 aliphatic carbocycles. The zero-order valence-electron chi connectivity index (χ0n) is 16.6. The standard InChI is InChI=1S/C23H24ClN3O2/c1-3-4-9-21-26-14-20(27(21)15-18-7-5-6-8-19(18)24)16(2)22(23(28)29)17-10-12-25-13-11-17/h5-8,10-14H,3-4,9,15H2,1-2H3,(H,28,29). The van der Waals surface area contributed by atoms with Gasteiger partial charge in [0.05, 0.1) is 24.0 Å². The number of aliphatic carboxylic acids is 1. The number of halogens is 1. The summed E-state index contributed by atoms with van der Waals surface area (Å²) in [5.74, 6) is -0.0464. The van der Waals surface area contributed by atoms with E-state index in [2.05, 4.69) is 21.5 Å². The Morgan fingerprint density at radius 3 is 2.55 bits per heavy atom. The van der Waals surface area contributed by atoms with Gasteiger partial charge in [0.2, 0.25) is 0 Å². The van der Waals surface area contributed by atoms with Crippen molar-refractivity contribution in [2.75, 3.05) is 0 Å². The normalized spacial score (nSPS) is 12.0. The maximum Gasteiger partial charge on any atom is 0.336 e. The third kappa shape index (κ3) is 4.74. The van der Waals surface area contributed by atoms with Gasteiger partial charge < -0.3 is 9.67 Å². The van der Waals surface area contributed by atoms with Crippen LogP contribution in [0.5, 0.6) is 0 Å². The molecule has 0 radical (unpaired) electrons. The minimum atomic E-state index is -0.977. The molecule has 0 saturated carbocycles. The lowest BCUT2D eigenvalue weighted by Gasteiger charge is -2.15. The lowest BCUT2D eigenvalue weighted by atomic mass is 10.00. The zero-order valence-corrected chi connectivity index (χ0v) is 17.4. The van der Waals surface area contributed by atoms with Crippen LogP contribution in [0.25, 0.3) is 11.1 Å². The molecule has 5 nitrogen and oxygen atoms in total. The van der Waals surface area contributed by atoms with Crippen LogP contribution in [-0.4, -0.2) is 25.6 Å². The minimum absolute atomic E-state index is 0.245. The van der Waals surface area contributed by atoms with Gasteiger partial charge >= 0.3 is 5.97 Å². The number of aryl methyl sites for hydroxylation is 1. The van der Waals surface area contributed by atoms with Crippen LogP contribution in [0.4, 0.5) is 0 Å². The van der Waals surface area contributed by atoms with E-state index in [4.69, 9.17) is 11.6 Å². The molecule has 0 atom stereocenters. The first kappa shape index (κ1) is 20.8. The van der Waals surface area contributed by atoms with Gasteiger partial charge in [-0.25, -0.2) is 9.78 Å². The van der Waals surface area contributed by atoms with Crippen molar-refractivity contribution >= 4 is 28.7 Å². The molecule has 0 aliphatic heterocycles. The predicted molar refractivity (Wildman–Crippen MR) is 116 cm³/mol. The van der Waals surface area contributed by atoms with Crippen LogP contribution >= 0.6 is 11.6 Å². The molecule has 2 heterocycles. The van der Waals surface area contributed by atoms with Gasteiger partial charge in [-0.05, 0) is 48.2 Å². The second kappa shape index (κ2) is 9.52. The maximum atomic E-state index is 12.1. The van der Waals surface area contributed by atoms with Crippen molar-refractivity contribution in [3.63, 3.8) is 0 Å². The van der Waals surface area contributed by atoms with Crippen molar-refractivity contribution in [2.45, 2.75) is 39.7 Å². The summed E-state index contributed by atoms with van der Waals surface area (Å²) in [6, 6.07) is 11.1. The summed E-state index contributed by atoms with van der Waals surface area (Å²) in [6.45, 7) is 4.50. The van der Waals surface area contributed by atoms with E-state index in [1.54, 1.807) is 30.7 Å². The minimum Gasteiger partial charge on any atom is -0.478 e. The van der Waals surface area contributed by atoms with Gasteiger partial charge in [0.1, 0.15) is 5.82 Å². The molecule has 0 amide bonds. The molecule has 0 unspecified atom stereocenters. The summed E-state index contributed by atoms with van der Waals surface area (Å²) >= 11 is 6.39. The number of allylic oxidation sites excluding steroid dienone is 1. The third-order valence-corrected chi connectivity index (χ3v) is 5.29. The summed E-state index contributed by atoms with van der Waals surface area (Å²) in [7, 11) is 0. The Labute approximate surface area is 175 Å². The number of unbranched alkanes of at least 4 members (excludes halogenated alkanes) is 1. The summed E-state index contributed by atoms with van der Waals surface area (Å²) < 4.78 is 2.08. The second-order valence-electron chi connectivity index (χ2n) is 6.88. The number of hydrogen-bond donors (Lipinski definition) is 1. The fourth-order valence-electron chi connectivity index (χ4n) is 3.37. The van der Waals surface area contributed by atoms with Gasteiger partial charge in [-0.2, -0.15) is 0 Å². The number of aromatic nitrogens is 3. The molecule has 29 heavy (non-hydrogen) atoms. The van der Waals surface area contributed by atoms with Crippen molar-refractivity contribution in [1.82, 2.24) is 14.5 Å². The van der Waals surface area contributed by atoms with E-state index < -0.39 is 5.97 Å². The molecule has 150 valence electrons. The number of pyridine rings is 1. The topological polar surface area (TPSA) is 68.0 Å². The fourth-order valence-corrected chi connectivity index (χ4v) is 3.56. The van der Waals surface area contributed by atoms with Crippen molar-refractivity contribution in [1.29, 1.82) is 0 Å². The molecule has 2 aromatic heterocycles. The van der Waals surface area contributed by atoms with E-state index >= 15 is 0 Å². The van der Waals surface area contributed by atoms with E-state index in [-0.39, 0.29) is 5.57 Å². The van der Waals surface area contributed by atoms with Gasteiger partial charge in [0.15, 0.2) is 0 Å². The third-order valence-electron chi connectivity index (χ3n) is 4.92. The van der Waals surface area contributed by atoms with Crippen LogP contribution in [0, 0.1) is 0 Å². The molecule has 1 N–H and O–H groups in total. The van der Waals surface area contributed by atoms with Crippen LogP contribution in [0.3, 0.4) is 0 Å². The molecule has 0 bridgehead atoms. The number of rotatable bonds is 8. The molecule has 0 aliphatic rings. The number of benzene rings is 1. The van der Waals surface area contributed by atoms with Gasteiger partial charge in [0, 0.05) is 23.8 Å². The maximum absolute atomic E-state index is 12.1. The first-order valence-electron chi connectivity index (χ1n) is 9.65. The SMILES string of the molecule is CCCCc1ncc(C(C)=C(C(=O)O)c2ccncc2)n1Cc1ccccc1Cl. The molecular formula is C23H24ClN3O2. The molecule has 0 fully saturated rings. The number of hydrogen-bond acceptors (Lipinski definition) is 3. The molecule has 3 aromatic rings. The van der Waals surface area contributed by atoms with Crippen LogP contribution in [-0.2, 0) is 17.8 Å². The van der Waals surface area contributed by atoms with Crippen LogP contribution in [0.1, 0.15) is 49.3 Å². The molecule has 0 saturated heterocycles. The summed E-state index contributed by atoms with van der Waals surface area (Å²) in [5.41, 5.74) is 3.27. The molecule has 3 rings (SSSR count). The highest BCUT2D eigenvalue weighted by atomic mass is 35.5.